The van der Waals surface area contributed by atoms with Crippen molar-refractivity contribution in [3.63, 3.8) is 0 Å². The number of amides is 1. The molecule has 0 fully saturated rings. The summed E-state index contributed by atoms with van der Waals surface area (Å²) in [5, 5.41) is 0.399. The maximum absolute atomic E-state index is 12.3. The standard InChI is InChI=1S/C15H23ClN2O/c1-4-6-7-9-18(3)15(19)12-10-13(8-5-2)17-14(16)11-12/h10-11H,4-9H2,1-3H3. The first-order valence-corrected chi connectivity index (χ1v) is 7.38. The average Bonchev–Trinajstić information content (AvgIpc) is 2.37. The second-order valence-corrected chi connectivity index (χ2v) is 5.24. The van der Waals surface area contributed by atoms with E-state index in [-0.39, 0.29) is 5.91 Å². The van der Waals surface area contributed by atoms with Crippen molar-refractivity contribution >= 4 is 17.5 Å². The number of rotatable bonds is 7. The highest BCUT2D eigenvalue weighted by molar-refractivity contribution is 6.29. The number of nitrogens with zero attached hydrogens (tertiary/aromatic N) is 2. The monoisotopic (exact) mass is 282 g/mol. The molecule has 1 aromatic rings. The van der Waals surface area contributed by atoms with Crippen LogP contribution in [0.2, 0.25) is 5.15 Å². The summed E-state index contributed by atoms with van der Waals surface area (Å²) in [6, 6.07) is 3.51. The lowest BCUT2D eigenvalue weighted by atomic mass is 10.1. The van der Waals surface area contributed by atoms with Gasteiger partial charge in [-0.1, -0.05) is 44.7 Å². The third-order valence-electron chi connectivity index (χ3n) is 3.04. The Balaban J connectivity index is 2.74. The third kappa shape index (κ3) is 5.19. The molecular formula is C15H23ClN2O. The largest absolute Gasteiger partial charge is 0.342 e. The van der Waals surface area contributed by atoms with Gasteiger partial charge in [0.05, 0.1) is 0 Å². The molecular weight excluding hydrogens is 260 g/mol. The molecule has 0 radical (unpaired) electrons. The van der Waals surface area contributed by atoms with Crippen molar-refractivity contribution in [2.45, 2.75) is 46.0 Å². The molecule has 0 saturated carbocycles. The molecule has 1 aromatic heterocycles. The van der Waals surface area contributed by atoms with E-state index in [0.717, 1.165) is 44.3 Å². The molecule has 0 saturated heterocycles. The number of carbonyl (C=O) groups is 1. The molecule has 19 heavy (non-hydrogen) atoms. The highest BCUT2D eigenvalue weighted by Crippen LogP contribution is 2.14. The van der Waals surface area contributed by atoms with Crippen molar-refractivity contribution in [1.29, 1.82) is 0 Å². The topological polar surface area (TPSA) is 33.2 Å². The fourth-order valence-corrected chi connectivity index (χ4v) is 2.21. The summed E-state index contributed by atoms with van der Waals surface area (Å²) in [5.74, 6) is 0.0257. The number of aryl methyl sites for hydroxylation is 1. The number of halogens is 1. The van der Waals surface area contributed by atoms with Gasteiger partial charge >= 0.3 is 0 Å². The fraction of sp³-hybridized carbons (Fsp3) is 0.600. The molecule has 0 unspecified atom stereocenters. The molecule has 1 rings (SSSR count). The normalized spacial score (nSPS) is 10.5. The third-order valence-corrected chi connectivity index (χ3v) is 3.24. The Bertz CT molecular complexity index is 421. The Hall–Kier alpha value is -1.09. The fourth-order valence-electron chi connectivity index (χ4n) is 1.98. The quantitative estimate of drug-likeness (QED) is 0.560. The maximum atomic E-state index is 12.3. The molecule has 0 N–H and O–H groups in total. The zero-order valence-electron chi connectivity index (χ0n) is 12.1. The lowest BCUT2D eigenvalue weighted by Gasteiger charge is -2.17. The minimum Gasteiger partial charge on any atom is -0.342 e. The highest BCUT2D eigenvalue weighted by atomic mass is 35.5. The average molecular weight is 283 g/mol. The zero-order valence-corrected chi connectivity index (χ0v) is 12.8. The van der Waals surface area contributed by atoms with E-state index in [1.807, 2.05) is 13.1 Å². The van der Waals surface area contributed by atoms with Crippen molar-refractivity contribution < 1.29 is 4.79 Å². The molecule has 0 aromatic carbocycles. The van der Waals surface area contributed by atoms with E-state index in [2.05, 4.69) is 18.8 Å². The van der Waals surface area contributed by atoms with Gasteiger partial charge < -0.3 is 4.90 Å². The van der Waals surface area contributed by atoms with Crippen LogP contribution in [-0.2, 0) is 6.42 Å². The van der Waals surface area contributed by atoms with Crippen molar-refractivity contribution in [1.82, 2.24) is 9.88 Å². The smallest absolute Gasteiger partial charge is 0.253 e. The molecule has 0 aliphatic heterocycles. The van der Waals surface area contributed by atoms with Gasteiger partial charge in [0, 0.05) is 24.8 Å². The first kappa shape index (κ1) is 16.0. The van der Waals surface area contributed by atoms with Crippen LogP contribution in [0.3, 0.4) is 0 Å². The summed E-state index contributed by atoms with van der Waals surface area (Å²) in [4.78, 5) is 18.3. The van der Waals surface area contributed by atoms with Crippen LogP contribution in [0.1, 0.15) is 55.6 Å². The summed E-state index contributed by atoms with van der Waals surface area (Å²) in [5.41, 5.74) is 1.53. The van der Waals surface area contributed by atoms with Crippen LogP contribution in [0.25, 0.3) is 0 Å². The van der Waals surface area contributed by atoms with E-state index < -0.39 is 0 Å². The number of carbonyl (C=O) groups excluding carboxylic acids is 1. The van der Waals surface area contributed by atoms with E-state index in [4.69, 9.17) is 11.6 Å². The van der Waals surface area contributed by atoms with Crippen molar-refractivity contribution in [3.8, 4) is 0 Å². The van der Waals surface area contributed by atoms with Gasteiger partial charge in [-0.25, -0.2) is 4.98 Å². The van der Waals surface area contributed by atoms with Gasteiger partial charge in [-0.15, -0.1) is 0 Å². The summed E-state index contributed by atoms with van der Waals surface area (Å²) < 4.78 is 0. The van der Waals surface area contributed by atoms with Crippen molar-refractivity contribution in [2.75, 3.05) is 13.6 Å². The van der Waals surface area contributed by atoms with E-state index >= 15 is 0 Å². The van der Waals surface area contributed by atoms with Crippen LogP contribution in [0.15, 0.2) is 12.1 Å². The molecule has 1 heterocycles. The molecule has 4 heteroatoms. The maximum Gasteiger partial charge on any atom is 0.253 e. The van der Waals surface area contributed by atoms with Crippen LogP contribution in [-0.4, -0.2) is 29.4 Å². The predicted octanol–water partition coefficient (Wildman–Crippen LogP) is 3.95. The molecule has 0 bridgehead atoms. The van der Waals surface area contributed by atoms with Gasteiger partial charge in [-0.3, -0.25) is 4.79 Å². The summed E-state index contributed by atoms with van der Waals surface area (Å²) in [6.45, 7) is 5.03. The summed E-state index contributed by atoms with van der Waals surface area (Å²) in [6.07, 6.45) is 5.19. The Morgan fingerprint density at radius 3 is 2.63 bits per heavy atom. The second kappa shape index (κ2) is 8.16. The van der Waals surface area contributed by atoms with E-state index in [1.165, 1.54) is 0 Å². The van der Waals surface area contributed by atoms with Crippen LogP contribution in [0.4, 0.5) is 0 Å². The van der Waals surface area contributed by atoms with Gasteiger partial charge in [0.25, 0.3) is 5.91 Å². The number of hydrogen-bond acceptors (Lipinski definition) is 2. The van der Waals surface area contributed by atoms with Gasteiger partial charge in [-0.05, 0) is 25.0 Å². The van der Waals surface area contributed by atoms with Crippen molar-refractivity contribution in [3.05, 3.63) is 28.5 Å². The zero-order chi connectivity index (χ0) is 14.3. The van der Waals surface area contributed by atoms with Crippen LogP contribution in [0, 0.1) is 0 Å². The van der Waals surface area contributed by atoms with E-state index in [1.54, 1.807) is 11.0 Å². The van der Waals surface area contributed by atoms with E-state index in [0.29, 0.717) is 10.7 Å². The van der Waals surface area contributed by atoms with Gasteiger partial charge in [0.15, 0.2) is 0 Å². The summed E-state index contributed by atoms with van der Waals surface area (Å²) >= 11 is 5.98. The number of unbranched alkanes of at least 4 members (excludes halogenated alkanes) is 2. The lowest BCUT2D eigenvalue weighted by molar-refractivity contribution is 0.0792. The Morgan fingerprint density at radius 2 is 2.00 bits per heavy atom. The van der Waals surface area contributed by atoms with Crippen LogP contribution >= 0.6 is 11.6 Å². The van der Waals surface area contributed by atoms with Crippen LogP contribution in [0.5, 0.6) is 0 Å². The number of aromatic nitrogens is 1. The molecule has 0 spiro atoms. The molecule has 0 aliphatic carbocycles. The highest BCUT2D eigenvalue weighted by Gasteiger charge is 2.13. The molecule has 106 valence electrons. The van der Waals surface area contributed by atoms with Crippen molar-refractivity contribution in [2.24, 2.45) is 0 Å². The Kier molecular flexibility index (Phi) is 6.85. The molecule has 0 aliphatic rings. The predicted molar refractivity (Wildman–Crippen MR) is 79.7 cm³/mol. The molecule has 1 amide bonds. The molecule has 0 atom stereocenters. The number of pyridine rings is 1. The number of hydrogen-bond donors (Lipinski definition) is 0. The lowest BCUT2D eigenvalue weighted by Crippen LogP contribution is -2.28. The summed E-state index contributed by atoms with van der Waals surface area (Å²) in [7, 11) is 1.84. The SMILES string of the molecule is CCCCCN(C)C(=O)c1cc(Cl)nc(CCC)c1. The minimum absolute atomic E-state index is 0.0257. The van der Waals surface area contributed by atoms with Gasteiger partial charge in [0.1, 0.15) is 5.15 Å². The minimum atomic E-state index is 0.0257. The van der Waals surface area contributed by atoms with Gasteiger partial charge in [-0.2, -0.15) is 0 Å². The Morgan fingerprint density at radius 1 is 1.26 bits per heavy atom. The second-order valence-electron chi connectivity index (χ2n) is 4.85. The first-order valence-electron chi connectivity index (χ1n) is 7.00. The van der Waals surface area contributed by atoms with Gasteiger partial charge in [0.2, 0.25) is 0 Å². The van der Waals surface area contributed by atoms with E-state index in [9.17, 15) is 4.79 Å². The van der Waals surface area contributed by atoms with Crippen LogP contribution < -0.4 is 0 Å². The first-order chi connectivity index (χ1) is 9.08. The molecule has 3 nitrogen and oxygen atoms in total. The Labute approximate surface area is 121 Å².